The zero-order valence-corrected chi connectivity index (χ0v) is 33.9. The number of H-pyrrole nitrogens is 1. The van der Waals surface area contributed by atoms with Gasteiger partial charge in [0, 0.05) is 36.7 Å². The second kappa shape index (κ2) is 19.3. The van der Waals surface area contributed by atoms with Gasteiger partial charge in [0.1, 0.15) is 24.2 Å². The Morgan fingerprint density at radius 1 is 0.820 bits per heavy atom. The summed E-state index contributed by atoms with van der Waals surface area (Å²) < 4.78 is 12.1. The number of nitrogens with zero attached hydrogens (tertiary/aromatic N) is 1. The van der Waals surface area contributed by atoms with Crippen molar-refractivity contribution in [2.24, 2.45) is 5.92 Å². The van der Waals surface area contributed by atoms with Crippen molar-refractivity contribution >= 4 is 22.9 Å². The summed E-state index contributed by atoms with van der Waals surface area (Å²) in [6.07, 6.45) is 1.50. The zero-order chi connectivity index (χ0) is 42.1. The van der Waals surface area contributed by atoms with E-state index >= 15 is 0 Å². The summed E-state index contributed by atoms with van der Waals surface area (Å²) in [4.78, 5) is 42.7. The monoisotopic (exact) mass is 821 g/mol. The lowest BCUT2D eigenvalue weighted by Gasteiger charge is -2.43. The number of ether oxygens (including phenoxy) is 2. The summed E-state index contributed by atoms with van der Waals surface area (Å²) in [5.41, 5.74) is 5.97. The van der Waals surface area contributed by atoms with Crippen LogP contribution in [-0.2, 0) is 11.3 Å². The summed E-state index contributed by atoms with van der Waals surface area (Å²) in [5.74, 6) is 0.923. The van der Waals surface area contributed by atoms with Crippen LogP contribution < -0.4 is 26.2 Å². The van der Waals surface area contributed by atoms with Gasteiger partial charge in [-0.3, -0.25) is 14.5 Å². The molecule has 0 radical (unpaired) electrons. The quantitative estimate of drug-likeness (QED) is 0.0574. The van der Waals surface area contributed by atoms with Crippen LogP contribution in [0.3, 0.4) is 0 Å². The Balaban J connectivity index is 0.792. The molecule has 12 heteroatoms. The molecule has 6 N–H and O–H groups in total. The van der Waals surface area contributed by atoms with Crippen molar-refractivity contribution < 1.29 is 29.3 Å². The molecule has 4 heterocycles. The Morgan fingerprint density at radius 2 is 1.59 bits per heavy atom. The second-order valence-electron chi connectivity index (χ2n) is 15.8. The number of fused-ring (bicyclic) bond motifs is 4. The fourth-order valence-corrected chi connectivity index (χ4v) is 8.31. The first-order valence-electron chi connectivity index (χ1n) is 21.0. The Kier molecular flexibility index (Phi) is 13.0. The maximum Gasteiger partial charge on any atom is 0.408 e. The van der Waals surface area contributed by atoms with E-state index in [2.05, 4.69) is 38.0 Å². The van der Waals surface area contributed by atoms with Gasteiger partial charge in [-0.05, 0) is 115 Å². The maximum absolute atomic E-state index is 13.2. The number of carbonyl (C=O) groups excluding carboxylic acids is 2. The first-order valence-corrected chi connectivity index (χ1v) is 21.0. The molecule has 61 heavy (non-hydrogen) atoms. The largest absolute Gasteiger partial charge is 0.506 e. The van der Waals surface area contributed by atoms with Crippen molar-refractivity contribution in [2.45, 2.75) is 44.1 Å². The Bertz CT molecular complexity index is 2490. The van der Waals surface area contributed by atoms with Crippen molar-refractivity contribution in [3.05, 3.63) is 166 Å². The van der Waals surface area contributed by atoms with Crippen LogP contribution in [0.2, 0.25) is 0 Å². The number of piperidine rings is 3. The molecule has 3 saturated heterocycles. The number of aliphatic hydroxyl groups is 1. The van der Waals surface area contributed by atoms with Crippen molar-refractivity contribution in [1.29, 1.82) is 0 Å². The van der Waals surface area contributed by atoms with Crippen LogP contribution in [0.25, 0.3) is 22.0 Å². The van der Waals surface area contributed by atoms with Gasteiger partial charge in [-0.1, -0.05) is 84.9 Å². The van der Waals surface area contributed by atoms with Gasteiger partial charge in [0.05, 0.1) is 17.7 Å². The predicted molar refractivity (Wildman–Crippen MR) is 235 cm³/mol. The third kappa shape index (κ3) is 10.3. The number of carbonyl (C=O) groups is 2. The van der Waals surface area contributed by atoms with E-state index in [1.54, 1.807) is 24.3 Å². The molecule has 6 aromatic rings. The number of rotatable bonds is 16. The Labute approximate surface area is 354 Å². The second-order valence-corrected chi connectivity index (χ2v) is 15.8. The smallest absolute Gasteiger partial charge is 0.408 e. The van der Waals surface area contributed by atoms with E-state index in [1.807, 2.05) is 78.9 Å². The molecule has 1 aromatic heterocycles. The fourth-order valence-electron chi connectivity index (χ4n) is 8.31. The van der Waals surface area contributed by atoms with Gasteiger partial charge in [-0.2, -0.15) is 0 Å². The van der Waals surface area contributed by atoms with Gasteiger partial charge >= 0.3 is 6.09 Å². The van der Waals surface area contributed by atoms with Gasteiger partial charge in [-0.25, -0.2) is 4.79 Å². The number of pyridine rings is 1. The molecule has 0 unspecified atom stereocenters. The van der Waals surface area contributed by atoms with Crippen LogP contribution in [-0.4, -0.2) is 77.5 Å². The average Bonchev–Trinajstić information content (AvgIpc) is 3.30. The molecule has 0 saturated carbocycles. The molecule has 5 aromatic carbocycles. The van der Waals surface area contributed by atoms with Gasteiger partial charge in [-0.15, -0.1) is 0 Å². The third-order valence-corrected chi connectivity index (χ3v) is 11.7. The summed E-state index contributed by atoms with van der Waals surface area (Å²) in [6.45, 7) is 4.60. The molecular formula is C49H51N5O7. The van der Waals surface area contributed by atoms with Crippen LogP contribution >= 0.6 is 0 Å². The third-order valence-electron chi connectivity index (χ3n) is 11.7. The summed E-state index contributed by atoms with van der Waals surface area (Å²) in [6, 6.07) is 39.1. The molecular weight excluding hydrogens is 771 g/mol. The lowest BCUT2D eigenvalue weighted by atomic mass is 9.86. The van der Waals surface area contributed by atoms with E-state index in [9.17, 15) is 24.6 Å². The van der Waals surface area contributed by atoms with E-state index in [0.29, 0.717) is 54.1 Å². The van der Waals surface area contributed by atoms with Crippen molar-refractivity contribution in [3.8, 4) is 22.6 Å². The number of amides is 2. The van der Waals surface area contributed by atoms with Crippen molar-refractivity contribution in [3.63, 3.8) is 0 Å². The zero-order valence-electron chi connectivity index (χ0n) is 33.9. The van der Waals surface area contributed by atoms with Crippen LogP contribution in [0.4, 0.5) is 4.79 Å². The van der Waals surface area contributed by atoms with Crippen molar-refractivity contribution in [1.82, 2.24) is 25.8 Å². The highest BCUT2D eigenvalue weighted by molar-refractivity contribution is 5.94. The topological polar surface area (TPSA) is 165 Å². The summed E-state index contributed by atoms with van der Waals surface area (Å²) in [5, 5.41) is 30.7. The normalized spacial score (nSPS) is 18.0. The molecule has 3 fully saturated rings. The number of hydrogen-bond acceptors (Lipinski definition) is 9. The lowest BCUT2D eigenvalue weighted by Crippen LogP contribution is -2.52. The first-order chi connectivity index (χ1) is 29.8. The molecule has 3 aliphatic rings. The number of benzene rings is 5. The Hall–Kier alpha value is -6.47. The van der Waals surface area contributed by atoms with E-state index < -0.39 is 12.2 Å². The SMILES string of the molecule is O=C(N[C@@H](c1ccccc1)c1ccc(-c2cccc(OCc3ccc(C(=O)NCCCNC[C@H](O)c4ccc(O)c5[nH]c(=O)ccc45)cc3)c2)cc1)O[C@H]1CN2CCC1CC2. The molecule has 0 spiro atoms. The van der Waals surface area contributed by atoms with Gasteiger partial charge in [0.25, 0.3) is 5.91 Å². The lowest BCUT2D eigenvalue weighted by molar-refractivity contribution is -0.0336. The minimum Gasteiger partial charge on any atom is -0.506 e. The van der Waals surface area contributed by atoms with E-state index in [-0.39, 0.29) is 35.9 Å². The Morgan fingerprint density at radius 3 is 2.34 bits per heavy atom. The summed E-state index contributed by atoms with van der Waals surface area (Å²) in [7, 11) is 0. The predicted octanol–water partition coefficient (Wildman–Crippen LogP) is 6.83. The minimum absolute atomic E-state index is 0.0556. The van der Waals surface area contributed by atoms with E-state index in [4.69, 9.17) is 9.47 Å². The van der Waals surface area contributed by atoms with E-state index in [0.717, 1.165) is 66.0 Å². The van der Waals surface area contributed by atoms with Crippen molar-refractivity contribution in [2.75, 3.05) is 39.3 Å². The molecule has 3 atom stereocenters. The van der Waals surface area contributed by atoms with Crippen LogP contribution in [0.15, 0.2) is 132 Å². The van der Waals surface area contributed by atoms with Crippen LogP contribution in [0, 0.1) is 5.92 Å². The van der Waals surface area contributed by atoms with Crippen LogP contribution in [0.1, 0.15) is 64.0 Å². The number of aliphatic hydroxyl groups excluding tert-OH is 1. The highest BCUT2D eigenvalue weighted by atomic mass is 16.6. The standard InChI is InChI=1S/C49H51N5O7/c55-42-20-18-40(41-19-21-45(57)52-47(41)42)43(56)29-50-24-5-25-51-48(58)37-12-10-32(11-13-37)31-60-39-9-4-8-38(28-39)33-14-16-36(17-15-33)46(35-6-2-1-3-7-35)53-49(59)61-44-30-54-26-22-34(44)23-27-54/h1-4,6-21,28,34,43-44,46,50,55-56H,5,22-27,29-31H2,(H,51,58)(H,52,57)(H,53,59)/t43-,44-,46-/m0/s1. The number of phenols is 1. The summed E-state index contributed by atoms with van der Waals surface area (Å²) >= 11 is 0. The molecule has 3 aliphatic heterocycles. The minimum atomic E-state index is -0.852. The molecule has 2 bridgehead atoms. The molecule has 9 rings (SSSR count). The number of hydrogen-bond donors (Lipinski definition) is 6. The van der Waals surface area contributed by atoms with Crippen LogP contribution in [0.5, 0.6) is 11.5 Å². The molecule has 12 nitrogen and oxygen atoms in total. The number of alkyl carbamates (subject to hydrolysis) is 1. The number of nitrogens with one attached hydrogen (secondary N) is 4. The number of aromatic amines is 1. The highest BCUT2D eigenvalue weighted by Gasteiger charge is 2.37. The molecule has 0 aliphatic carbocycles. The molecule has 2 amide bonds. The highest BCUT2D eigenvalue weighted by Crippen LogP contribution is 2.32. The van der Waals surface area contributed by atoms with Gasteiger partial charge in [0.2, 0.25) is 5.56 Å². The fraction of sp³-hybridized carbons (Fsp3) is 0.286. The van der Waals surface area contributed by atoms with E-state index in [1.165, 1.54) is 12.1 Å². The van der Waals surface area contributed by atoms with Gasteiger partial charge < -0.3 is 40.6 Å². The number of aromatic hydroxyl groups is 1. The van der Waals surface area contributed by atoms with Gasteiger partial charge in [0.15, 0.2) is 0 Å². The maximum atomic E-state index is 13.2. The first kappa shape index (κ1) is 41.3. The average molecular weight is 822 g/mol. The number of aromatic nitrogens is 1. The molecule has 314 valence electrons. The number of phenolic OH excluding ortho intramolecular Hbond substituents is 1.